The Balaban J connectivity index is 1.49. The molecule has 1 aliphatic rings. The molecule has 5 nitrogen and oxygen atoms in total. The number of amides is 1. The van der Waals surface area contributed by atoms with E-state index >= 15 is 0 Å². The number of carbonyl (C=O) groups excluding carboxylic acids is 1. The molecule has 0 N–H and O–H groups in total. The van der Waals surface area contributed by atoms with Crippen LogP contribution in [0.4, 0.5) is 0 Å². The first kappa shape index (κ1) is 20.2. The number of para-hydroxylation sites is 1. The Kier molecular flexibility index (Phi) is 5.57. The van der Waals surface area contributed by atoms with E-state index < -0.39 is 0 Å². The van der Waals surface area contributed by atoms with E-state index in [2.05, 4.69) is 11.1 Å². The van der Waals surface area contributed by atoms with Crippen LogP contribution in [-0.2, 0) is 4.74 Å². The molecule has 4 aromatic rings. The number of rotatable bonds is 4. The maximum Gasteiger partial charge on any atom is 0.254 e. The van der Waals surface area contributed by atoms with Gasteiger partial charge in [0.05, 0.1) is 18.7 Å². The summed E-state index contributed by atoms with van der Waals surface area (Å²) in [5.41, 5.74) is 4.59. The molecule has 0 aliphatic carbocycles. The van der Waals surface area contributed by atoms with Gasteiger partial charge in [0.2, 0.25) is 0 Å². The number of morpholine rings is 1. The third kappa shape index (κ3) is 4.20. The summed E-state index contributed by atoms with van der Waals surface area (Å²) >= 11 is 0. The molecule has 5 heteroatoms. The maximum atomic E-state index is 13.0. The SMILES string of the molecule is Cc1cc(-c2ccc(Oc3ccccc3)cc2)c2cc(C(=O)N3CCOCC3)ccc2n1. The highest BCUT2D eigenvalue weighted by molar-refractivity contribution is 6.02. The number of aryl methyl sites for hydroxylation is 1. The molecule has 0 bridgehead atoms. The Morgan fingerprint density at radius 2 is 1.62 bits per heavy atom. The van der Waals surface area contributed by atoms with E-state index in [-0.39, 0.29) is 5.91 Å². The first-order valence-corrected chi connectivity index (χ1v) is 10.8. The van der Waals surface area contributed by atoms with Gasteiger partial charge in [0.1, 0.15) is 11.5 Å². The van der Waals surface area contributed by atoms with Gasteiger partial charge in [0.15, 0.2) is 0 Å². The Bertz CT molecular complexity index is 1250. The van der Waals surface area contributed by atoms with E-state index in [1.54, 1.807) is 0 Å². The lowest BCUT2D eigenvalue weighted by atomic mass is 9.98. The zero-order valence-electron chi connectivity index (χ0n) is 18.0. The van der Waals surface area contributed by atoms with Crippen LogP contribution in [-0.4, -0.2) is 42.1 Å². The Hall–Kier alpha value is -3.70. The summed E-state index contributed by atoms with van der Waals surface area (Å²) in [6.45, 7) is 4.41. The minimum atomic E-state index is 0.0355. The smallest absolute Gasteiger partial charge is 0.254 e. The summed E-state index contributed by atoms with van der Waals surface area (Å²) in [7, 11) is 0. The van der Waals surface area contributed by atoms with Gasteiger partial charge < -0.3 is 14.4 Å². The van der Waals surface area contributed by atoms with Crippen molar-refractivity contribution in [1.29, 1.82) is 0 Å². The van der Waals surface area contributed by atoms with Gasteiger partial charge in [-0.2, -0.15) is 0 Å². The number of fused-ring (bicyclic) bond motifs is 1. The topological polar surface area (TPSA) is 51.7 Å². The zero-order chi connectivity index (χ0) is 21.9. The summed E-state index contributed by atoms with van der Waals surface area (Å²) in [6, 6.07) is 25.6. The van der Waals surface area contributed by atoms with Crippen LogP contribution in [0.2, 0.25) is 0 Å². The standard InChI is InChI=1S/C27H24N2O3/c1-19-17-24(20-7-10-23(11-8-20)32-22-5-3-2-4-6-22)25-18-21(9-12-26(25)28-19)27(30)29-13-15-31-16-14-29/h2-12,17-18H,13-16H2,1H3. The Morgan fingerprint density at radius 3 is 2.38 bits per heavy atom. The van der Waals surface area contributed by atoms with Crippen molar-refractivity contribution >= 4 is 16.8 Å². The molecule has 1 amide bonds. The van der Waals surface area contributed by atoms with E-state index in [4.69, 9.17) is 9.47 Å². The summed E-state index contributed by atoms with van der Waals surface area (Å²) in [6.07, 6.45) is 0. The predicted molar refractivity (Wildman–Crippen MR) is 125 cm³/mol. The van der Waals surface area contributed by atoms with E-state index in [1.807, 2.05) is 84.6 Å². The van der Waals surface area contributed by atoms with E-state index in [0.29, 0.717) is 31.9 Å². The Morgan fingerprint density at radius 1 is 0.906 bits per heavy atom. The first-order chi connectivity index (χ1) is 15.7. The fourth-order valence-electron chi connectivity index (χ4n) is 4.01. The van der Waals surface area contributed by atoms with Crippen LogP contribution < -0.4 is 4.74 Å². The zero-order valence-corrected chi connectivity index (χ0v) is 18.0. The van der Waals surface area contributed by atoms with Crippen molar-refractivity contribution in [2.75, 3.05) is 26.3 Å². The van der Waals surface area contributed by atoms with Gasteiger partial charge in [0.25, 0.3) is 5.91 Å². The molecule has 0 unspecified atom stereocenters. The number of aromatic nitrogens is 1. The highest BCUT2D eigenvalue weighted by Gasteiger charge is 2.19. The first-order valence-electron chi connectivity index (χ1n) is 10.8. The second-order valence-corrected chi connectivity index (χ2v) is 7.89. The van der Waals surface area contributed by atoms with Crippen molar-refractivity contribution in [3.63, 3.8) is 0 Å². The average molecular weight is 425 g/mol. The third-order valence-electron chi connectivity index (χ3n) is 5.63. The van der Waals surface area contributed by atoms with Gasteiger partial charge in [-0.05, 0) is 66.6 Å². The van der Waals surface area contributed by atoms with Crippen LogP contribution in [0, 0.1) is 6.92 Å². The van der Waals surface area contributed by atoms with Gasteiger partial charge in [-0.1, -0.05) is 30.3 Å². The summed E-state index contributed by atoms with van der Waals surface area (Å²) < 4.78 is 11.3. The summed E-state index contributed by atoms with van der Waals surface area (Å²) in [4.78, 5) is 19.5. The normalized spacial score (nSPS) is 13.8. The average Bonchev–Trinajstić information content (AvgIpc) is 2.84. The molecule has 2 heterocycles. The molecule has 1 fully saturated rings. The number of pyridine rings is 1. The van der Waals surface area contributed by atoms with Crippen LogP contribution in [0.1, 0.15) is 16.1 Å². The van der Waals surface area contributed by atoms with Crippen LogP contribution >= 0.6 is 0 Å². The van der Waals surface area contributed by atoms with Crippen LogP contribution in [0.25, 0.3) is 22.0 Å². The molecule has 0 atom stereocenters. The number of nitrogens with zero attached hydrogens (tertiary/aromatic N) is 2. The van der Waals surface area contributed by atoms with Gasteiger partial charge >= 0.3 is 0 Å². The van der Waals surface area contributed by atoms with Crippen molar-refractivity contribution in [1.82, 2.24) is 9.88 Å². The largest absolute Gasteiger partial charge is 0.457 e. The molecule has 160 valence electrons. The fourth-order valence-corrected chi connectivity index (χ4v) is 4.01. The van der Waals surface area contributed by atoms with Gasteiger partial charge in [-0.25, -0.2) is 0 Å². The number of hydrogen-bond acceptors (Lipinski definition) is 4. The maximum absolute atomic E-state index is 13.0. The summed E-state index contributed by atoms with van der Waals surface area (Å²) in [5, 5.41) is 0.964. The highest BCUT2D eigenvalue weighted by atomic mass is 16.5. The molecule has 0 radical (unpaired) electrons. The molecule has 32 heavy (non-hydrogen) atoms. The fraction of sp³-hybridized carbons (Fsp3) is 0.185. The Labute approximate surface area is 187 Å². The second kappa shape index (κ2) is 8.81. The van der Waals surface area contributed by atoms with Gasteiger partial charge in [0, 0.05) is 29.7 Å². The number of ether oxygens (including phenoxy) is 2. The minimum Gasteiger partial charge on any atom is -0.457 e. The quantitative estimate of drug-likeness (QED) is 0.436. The molecule has 1 aromatic heterocycles. The lowest BCUT2D eigenvalue weighted by Crippen LogP contribution is -2.40. The molecule has 1 aliphatic heterocycles. The van der Waals surface area contributed by atoms with E-state index in [1.165, 1.54) is 0 Å². The van der Waals surface area contributed by atoms with Crippen LogP contribution in [0.3, 0.4) is 0 Å². The van der Waals surface area contributed by atoms with Crippen molar-refractivity contribution in [2.45, 2.75) is 6.92 Å². The van der Waals surface area contributed by atoms with Gasteiger partial charge in [-0.3, -0.25) is 9.78 Å². The van der Waals surface area contributed by atoms with Crippen LogP contribution in [0.5, 0.6) is 11.5 Å². The highest BCUT2D eigenvalue weighted by Crippen LogP contribution is 2.32. The predicted octanol–water partition coefficient (Wildman–Crippen LogP) is 5.47. The summed E-state index contributed by atoms with van der Waals surface area (Å²) in [5.74, 6) is 1.61. The van der Waals surface area contributed by atoms with Crippen LogP contribution in [0.15, 0.2) is 78.9 Å². The molecule has 5 rings (SSSR count). The third-order valence-corrected chi connectivity index (χ3v) is 5.63. The van der Waals surface area contributed by atoms with E-state index in [0.717, 1.165) is 39.2 Å². The molecular weight excluding hydrogens is 400 g/mol. The second-order valence-electron chi connectivity index (χ2n) is 7.89. The van der Waals surface area contributed by atoms with Crippen molar-refractivity contribution < 1.29 is 14.3 Å². The van der Waals surface area contributed by atoms with Gasteiger partial charge in [-0.15, -0.1) is 0 Å². The molecule has 1 saturated heterocycles. The minimum absolute atomic E-state index is 0.0355. The lowest BCUT2D eigenvalue weighted by molar-refractivity contribution is 0.0303. The number of carbonyl (C=O) groups is 1. The molecule has 0 saturated carbocycles. The molecule has 0 spiro atoms. The van der Waals surface area contributed by atoms with Crippen molar-refractivity contribution in [3.8, 4) is 22.6 Å². The van der Waals surface area contributed by atoms with Crippen molar-refractivity contribution in [3.05, 3.63) is 90.1 Å². The van der Waals surface area contributed by atoms with Crippen molar-refractivity contribution in [2.24, 2.45) is 0 Å². The number of hydrogen-bond donors (Lipinski definition) is 0. The lowest BCUT2D eigenvalue weighted by Gasteiger charge is -2.27. The molecule has 3 aromatic carbocycles. The monoisotopic (exact) mass is 424 g/mol. The molecular formula is C27H24N2O3. The number of benzene rings is 3. The van der Waals surface area contributed by atoms with E-state index in [9.17, 15) is 4.79 Å².